The highest BCUT2D eigenvalue weighted by Gasteiger charge is 2.37. The average molecular weight is 503 g/mol. The fourth-order valence-electron chi connectivity index (χ4n) is 3.37. The van der Waals surface area contributed by atoms with Crippen molar-refractivity contribution >= 4 is 45.0 Å². The summed E-state index contributed by atoms with van der Waals surface area (Å²) >= 11 is 0.727. The van der Waals surface area contributed by atoms with Crippen molar-refractivity contribution in [2.45, 2.75) is 11.8 Å². The third-order valence-electron chi connectivity index (χ3n) is 5.20. The molecule has 0 aliphatic carbocycles. The molecular formula is C23H22N2O7S2. The van der Waals surface area contributed by atoms with Crippen LogP contribution < -0.4 is 4.18 Å². The molecule has 11 heteroatoms. The van der Waals surface area contributed by atoms with Crippen LogP contribution in [0.15, 0.2) is 58.3 Å². The third-order valence-corrected chi connectivity index (χ3v) is 7.37. The van der Waals surface area contributed by atoms with Crippen LogP contribution in [0.2, 0.25) is 0 Å². The van der Waals surface area contributed by atoms with E-state index in [1.807, 2.05) is 6.92 Å². The second-order valence-electron chi connectivity index (χ2n) is 7.68. The predicted molar refractivity (Wildman–Crippen MR) is 126 cm³/mol. The molecule has 0 N–H and O–H groups in total. The molecular weight excluding hydrogens is 480 g/mol. The molecule has 2 aromatic rings. The van der Waals surface area contributed by atoms with Crippen molar-refractivity contribution in [3.05, 3.63) is 64.6 Å². The van der Waals surface area contributed by atoms with Gasteiger partial charge in [-0.25, -0.2) is 0 Å². The van der Waals surface area contributed by atoms with Gasteiger partial charge >= 0.3 is 10.1 Å². The molecule has 0 atom stereocenters. The molecule has 2 aliphatic heterocycles. The summed E-state index contributed by atoms with van der Waals surface area (Å²) in [5, 5.41) is -0.535. The molecule has 0 aromatic heterocycles. The molecule has 2 fully saturated rings. The zero-order chi connectivity index (χ0) is 24.3. The molecule has 0 radical (unpaired) electrons. The topological polar surface area (TPSA) is 110 Å². The van der Waals surface area contributed by atoms with E-state index in [2.05, 4.69) is 0 Å². The monoisotopic (exact) mass is 502 g/mol. The van der Waals surface area contributed by atoms with Crippen molar-refractivity contribution in [2.24, 2.45) is 0 Å². The number of hydrogen-bond acceptors (Lipinski definition) is 8. The molecule has 0 spiro atoms. The van der Waals surface area contributed by atoms with Gasteiger partial charge in [0.1, 0.15) is 17.2 Å². The van der Waals surface area contributed by atoms with Crippen molar-refractivity contribution in [1.29, 1.82) is 0 Å². The highest BCUT2D eigenvalue weighted by Crippen LogP contribution is 2.33. The maximum absolute atomic E-state index is 12.8. The van der Waals surface area contributed by atoms with E-state index in [1.165, 1.54) is 30.3 Å². The fraction of sp³-hybridized carbons (Fsp3) is 0.261. The number of rotatable bonds is 6. The molecule has 178 valence electrons. The van der Waals surface area contributed by atoms with E-state index in [4.69, 9.17) is 8.92 Å². The second-order valence-corrected chi connectivity index (χ2v) is 10.2. The van der Waals surface area contributed by atoms with Crippen LogP contribution in [-0.4, -0.2) is 68.1 Å². The quantitative estimate of drug-likeness (QED) is 0.438. The zero-order valence-corrected chi connectivity index (χ0v) is 19.9. The Morgan fingerprint density at radius 1 is 1.12 bits per heavy atom. The largest absolute Gasteiger partial charge is 0.379 e. The Bertz CT molecular complexity index is 1250. The first-order chi connectivity index (χ1) is 16.2. The fourth-order valence-corrected chi connectivity index (χ4v) is 5.13. The maximum Gasteiger partial charge on any atom is 0.339 e. The van der Waals surface area contributed by atoms with Crippen molar-refractivity contribution in [1.82, 2.24) is 9.80 Å². The van der Waals surface area contributed by atoms with Crippen molar-refractivity contribution in [3.8, 4) is 5.75 Å². The van der Waals surface area contributed by atoms with Crippen LogP contribution in [-0.2, 0) is 24.4 Å². The highest BCUT2D eigenvalue weighted by molar-refractivity contribution is 8.18. The lowest BCUT2D eigenvalue weighted by Gasteiger charge is -2.28. The van der Waals surface area contributed by atoms with Crippen LogP contribution in [0.1, 0.15) is 11.1 Å². The molecule has 9 nitrogen and oxygen atoms in total. The summed E-state index contributed by atoms with van der Waals surface area (Å²) in [6.07, 6.45) is 1.47. The van der Waals surface area contributed by atoms with Gasteiger partial charge in [0.05, 0.1) is 18.1 Å². The number of amides is 3. The van der Waals surface area contributed by atoms with Gasteiger partial charge in [-0.05, 0) is 54.6 Å². The number of hydrogen-bond donors (Lipinski definition) is 0. The number of thioether (sulfide) groups is 1. The molecule has 34 heavy (non-hydrogen) atoms. The second kappa shape index (κ2) is 10.00. The van der Waals surface area contributed by atoms with Gasteiger partial charge in [0.2, 0.25) is 5.91 Å². The number of carbonyl (C=O) groups is 3. The summed E-state index contributed by atoms with van der Waals surface area (Å²) in [7, 11) is -4.03. The molecule has 2 aromatic carbocycles. The minimum atomic E-state index is -4.03. The SMILES string of the molecule is Cc1ccc(S(=O)(=O)Oc2cccc(/C=C3\SC(=O)N(CC(=O)N4CCOCC4)C3=O)c2)cc1. The Morgan fingerprint density at radius 2 is 1.82 bits per heavy atom. The molecule has 4 rings (SSSR count). The Labute approximate surface area is 201 Å². The van der Waals surface area contributed by atoms with E-state index >= 15 is 0 Å². The first kappa shape index (κ1) is 24.0. The van der Waals surface area contributed by atoms with E-state index in [0.717, 1.165) is 22.2 Å². The van der Waals surface area contributed by atoms with Crippen LogP contribution in [0.5, 0.6) is 5.75 Å². The summed E-state index contributed by atoms with van der Waals surface area (Å²) in [5.41, 5.74) is 1.39. The Hall–Kier alpha value is -3.15. The number of aryl methyl sites for hydroxylation is 1. The summed E-state index contributed by atoms with van der Waals surface area (Å²) in [4.78, 5) is 40.2. The van der Waals surface area contributed by atoms with Crippen LogP contribution in [0.4, 0.5) is 4.79 Å². The lowest BCUT2D eigenvalue weighted by molar-refractivity contribution is -0.139. The summed E-state index contributed by atoms with van der Waals surface area (Å²) < 4.78 is 35.5. The van der Waals surface area contributed by atoms with E-state index in [1.54, 1.807) is 29.2 Å². The summed E-state index contributed by atoms with van der Waals surface area (Å²) in [6, 6.07) is 12.4. The summed E-state index contributed by atoms with van der Waals surface area (Å²) in [5.74, 6) is -0.824. The van der Waals surface area contributed by atoms with Crippen LogP contribution >= 0.6 is 11.8 Å². The molecule has 2 saturated heterocycles. The van der Waals surface area contributed by atoms with E-state index in [9.17, 15) is 22.8 Å². The van der Waals surface area contributed by atoms with Gasteiger partial charge < -0.3 is 13.8 Å². The van der Waals surface area contributed by atoms with Gasteiger partial charge in [-0.2, -0.15) is 8.42 Å². The number of benzene rings is 2. The van der Waals surface area contributed by atoms with Gasteiger partial charge in [-0.15, -0.1) is 0 Å². The summed E-state index contributed by atoms with van der Waals surface area (Å²) in [6.45, 7) is 3.20. The maximum atomic E-state index is 12.8. The Kier molecular flexibility index (Phi) is 7.05. The third kappa shape index (κ3) is 5.49. The molecule has 3 amide bonds. The minimum Gasteiger partial charge on any atom is -0.379 e. The number of carbonyl (C=O) groups excluding carboxylic acids is 3. The predicted octanol–water partition coefficient (Wildman–Crippen LogP) is 2.66. The van der Waals surface area contributed by atoms with Crippen molar-refractivity contribution < 1.29 is 31.7 Å². The normalized spacial score (nSPS) is 18.0. The minimum absolute atomic E-state index is 0.0227. The number of nitrogens with zero attached hydrogens (tertiary/aromatic N) is 2. The van der Waals surface area contributed by atoms with Gasteiger partial charge in [-0.3, -0.25) is 19.3 Å². The van der Waals surface area contributed by atoms with E-state index in [-0.39, 0.29) is 28.0 Å². The molecule has 0 bridgehead atoms. The first-order valence-corrected chi connectivity index (χ1v) is 12.7. The number of ether oxygens (including phenoxy) is 1. The lowest BCUT2D eigenvalue weighted by Crippen LogP contribution is -2.46. The number of morpholine rings is 1. The zero-order valence-electron chi connectivity index (χ0n) is 18.3. The molecule has 2 heterocycles. The molecule has 2 aliphatic rings. The molecule has 0 unspecified atom stereocenters. The standard InChI is InChI=1S/C23H22N2O7S2/c1-16-5-7-19(8-6-16)34(29,30)32-18-4-2-3-17(13-18)14-20-22(27)25(23(28)33-20)15-21(26)24-9-11-31-12-10-24/h2-8,13-14H,9-12,15H2,1H3/b20-14-. The Morgan fingerprint density at radius 3 is 2.53 bits per heavy atom. The smallest absolute Gasteiger partial charge is 0.339 e. The first-order valence-electron chi connectivity index (χ1n) is 10.4. The van der Waals surface area contributed by atoms with Crippen LogP contribution in [0.25, 0.3) is 6.08 Å². The van der Waals surface area contributed by atoms with Gasteiger partial charge in [0.25, 0.3) is 11.1 Å². The van der Waals surface area contributed by atoms with Crippen LogP contribution in [0.3, 0.4) is 0 Å². The number of imide groups is 1. The molecule has 0 saturated carbocycles. The van der Waals surface area contributed by atoms with Gasteiger partial charge in [0.15, 0.2) is 0 Å². The van der Waals surface area contributed by atoms with E-state index < -0.39 is 21.3 Å². The average Bonchev–Trinajstić information content (AvgIpc) is 3.07. The van der Waals surface area contributed by atoms with Crippen LogP contribution in [0, 0.1) is 6.92 Å². The van der Waals surface area contributed by atoms with Gasteiger partial charge in [0, 0.05) is 13.1 Å². The highest BCUT2D eigenvalue weighted by atomic mass is 32.2. The van der Waals surface area contributed by atoms with E-state index in [0.29, 0.717) is 31.9 Å². The van der Waals surface area contributed by atoms with Gasteiger partial charge in [-0.1, -0.05) is 29.8 Å². The lowest BCUT2D eigenvalue weighted by atomic mass is 10.2. The van der Waals surface area contributed by atoms with Crippen molar-refractivity contribution in [2.75, 3.05) is 32.8 Å². The van der Waals surface area contributed by atoms with Crippen molar-refractivity contribution in [3.63, 3.8) is 0 Å². The Balaban J connectivity index is 1.47.